The van der Waals surface area contributed by atoms with Crippen molar-refractivity contribution >= 4 is 17.3 Å². The van der Waals surface area contributed by atoms with Crippen LogP contribution >= 0.6 is 0 Å². The zero-order valence-electron chi connectivity index (χ0n) is 26.6. The van der Waals surface area contributed by atoms with Crippen LogP contribution in [0.1, 0.15) is 63.9 Å². The molecular weight excluding hydrogens is 586 g/mol. The number of aliphatic hydroxyl groups excluding tert-OH is 2. The molecule has 0 amide bonds. The lowest BCUT2D eigenvalue weighted by Gasteiger charge is -2.59. The third-order valence-corrected chi connectivity index (χ3v) is 11.7. The van der Waals surface area contributed by atoms with E-state index in [1.165, 1.54) is 0 Å². The fraction of sp³-hybridized carbons (Fsp3) is 0.514. The number of nitrogens with two attached hydrogens (primary N) is 1. The van der Waals surface area contributed by atoms with Gasteiger partial charge >= 0.3 is 0 Å². The van der Waals surface area contributed by atoms with Gasteiger partial charge in [0.15, 0.2) is 23.5 Å². The van der Waals surface area contributed by atoms with Crippen molar-refractivity contribution < 1.29 is 38.7 Å². The number of rotatable bonds is 8. The lowest BCUT2D eigenvalue weighted by molar-refractivity contribution is -0.201. The number of anilines is 1. The second-order valence-corrected chi connectivity index (χ2v) is 14.0. The third kappa shape index (κ3) is 4.58. The maximum Gasteiger partial charge on any atom is 0.193 e. The molecule has 4 aliphatic carbocycles. The smallest absolute Gasteiger partial charge is 0.193 e. The molecule has 2 aromatic carbocycles. The molecule has 3 saturated carbocycles. The number of carbonyl (C=O) groups is 2. The first-order valence-electron chi connectivity index (χ1n) is 16.4. The fourth-order valence-electron chi connectivity index (χ4n) is 9.76. The minimum atomic E-state index is -1.46. The first-order chi connectivity index (χ1) is 22.0. The molecular formula is C37H43NO8. The minimum Gasteiger partial charge on any atom is -0.493 e. The lowest BCUT2D eigenvalue weighted by Crippen LogP contribution is -2.63. The standard InChI is InChI=1S/C37H43NO8/c1-4-43-30-11-9-25(44-20-21-6-5-7-23(38)14-21)16-27(30)34-45-32-17-28-26-10-8-22-15-24(40)12-13-35(22,2)33(26)29(41)18-36(28,3)37(32,46-34)31(42)19-39/h5-7,9,11-16,26,28-29,32-34,39,41H,4,8,10,17-20,38H2,1-3H3/t26-,28?,29-,32+,33?,34-,35-,36-,37+/m0/s1. The minimum absolute atomic E-state index is 0.00564. The number of fused-ring (bicyclic) bond motifs is 7. The van der Waals surface area contributed by atoms with E-state index in [1.807, 2.05) is 62.4 Å². The van der Waals surface area contributed by atoms with Crippen molar-refractivity contribution in [3.63, 3.8) is 0 Å². The molecule has 1 heterocycles. The van der Waals surface area contributed by atoms with E-state index in [2.05, 4.69) is 6.92 Å². The molecule has 1 aliphatic heterocycles. The third-order valence-electron chi connectivity index (χ3n) is 11.7. The molecule has 9 heteroatoms. The Hall–Kier alpha value is -3.50. The molecule has 244 valence electrons. The highest BCUT2D eigenvalue weighted by Crippen LogP contribution is 2.70. The Morgan fingerprint density at radius 1 is 1.15 bits per heavy atom. The molecule has 0 radical (unpaired) electrons. The van der Waals surface area contributed by atoms with E-state index >= 15 is 0 Å². The van der Waals surface area contributed by atoms with Gasteiger partial charge in [-0.2, -0.15) is 0 Å². The van der Waals surface area contributed by atoms with Gasteiger partial charge in [-0.1, -0.05) is 37.6 Å². The monoisotopic (exact) mass is 629 g/mol. The van der Waals surface area contributed by atoms with Crippen LogP contribution in [0.5, 0.6) is 11.5 Å². The van der Waals surface area contributed by atoms with Crippen molar-refractivity contribution in [3.8, 4) is 11.5 Å². The normalized spacial score (nSPS) is 37.5. The van der Waals surface area contributed by atoms with Gasteiger partial charge < -0.3 is 34.9 Å². The molecule has 4 N–H and O–H groups in total. The number of hydrogen-bond donors (Lipinski definition) is 3. The lowest BCUT2D eigenvalue weighted by atomic mass is 9.46. The summed E-state index contributed by atoms with van der Waals surface area (Å²) < 4.78 is 25.6. The average Bonchev–Trinajstić information content (AvgIpc) is 3.53. The van der Waals surface area contributed by atoms with Crippen molar-refractivity contribution in [1.29, 1.82) is 0 Å². The topological polar surface area (TPSA) is 138 Å². The van der Waals surface area contributed by atoms with Crippen molar-refractivity contribution in [2.45, 2.75) is 77.2 Å². The number of hydrogen-bond acceptors (Lipinski definition) is 9. The van der Waals surface area contributed by atoms with Gasteiger partial charge in [-0.25, -0.2) is 0 Å². The van der Waals surface area contributed by atoms with Gasteiger partial charge in [0.2, 0.25) is 0 Å². The van der Waals surface area contributed by atoms with E-state index in [4.69, 9.17) is 24.7 Å². The first-order valence-corrected chi connectivity index (χ1v) is 16.4. The van der Waals surface area contributed by atoms with Crippen LogP contribution < -0.4 is 15.2 Å². The number of ether oxygens (including phenoxy) is 4. The van der Waals surface area contributed by atoms with Crippen LogP contribution in [0.15, 0.2) is 66.3 Å². The maximum atomic E-state index is 14.0. The number of benzene rings is 2. The van der Waals surface area contributed by atoms with Gasteiger partial charge in [0.1, 0.15) is 24.7 Å². The van der Waals surface area contributed by atoms with E-state index < -0.39 is 47.3 Å². The summed E-state index contributed by atoms with van der Waals surface area (Å²) >= 11 is 0. The van der Waals surface area contributed by atoms with Crippen molar-refractivity contribution in [2.75, 3.05) is 18.9 Å². The molecule has 0 aromatic heterocycles. The summed E-state index contributed by atoms with van der Waals surface area (Å²) in [4.78, 5) is 26.2. The van der Waals surface area contributed by atoms with Gasteiger partial charge in [-0.05, 0) is 92.5 Å². The molecule has 2 unspecified atom stereocenters. The Morgan fingerprint density at radius 2 is 1.98 bits per heavy atom. The maximum absolute atomic E-state index is 14.0. The number of allylic oxidation sites excluding steroid dienone is 4. The SMILES string of the molecule is CCOc1ccc(OCc2cccc(N)c2)cc1[C@H]1O[C@@H]2CC3[C@@H]4CCC5=CC(=O)C=C[C@]5(C)C4[C@@H](O)C[C@]3(C)[C@]2(C(=O)CO)O1. The zero-order chi connectivity index (χ0) is 32.4. The predicted molar refractivity (Wildman–Crippen MR) is 170 cm³/mol. The second kappa shape index (κ2) is 11.3. The Balaban J connectivity index is 1.21. The number of Topliss-reactive ketones (excluding diaryl/α,β-unsaturated/α-hetero) is 1. The van der Waals surface area contributed by atoms with Gasteiger partial charge in [0, 0.05) is 22.4 Å². The largest absolute Gasteiger partial charge is 0.493 e. The van der Waals surface area contributed by atoms with Gasteiger partial charge in [0.25, 0.3) is 0 Å². The zero-order valence-corrected chi connectivity index (χ0v) is 26.6. The summed E-state index contributed by atoms with van der Waals surface area (Å²) in [5.41, 5.74) is 6.48. The Morgan fingerprint density at radius 3 is 2.74 bits per heavy atom. The highest BCUT2D eigenvalue weighted by atomic mass is 16.7. The van der Waals surface area contributed by atoms with E-state index in [1.54, 1.807) is 12.2 Å². The van der Waals surface area contributed by atoms with Crippen LogP contribution in [0.4, 0.5) is 5.69 Å². The first kappa shape index (κ1) is 31.1. The molecule has 7 rings (SSSR count). The predicted octanol–water partition coefficient (Wildman–Crippen LogP) is 4.85. The van der Waals surface area contributed by atoms with Crippen LogP contribution in [0.2, 0.25) is 0 Å². The molecule has 5 aliphatic rings. The van der Waals surface area contributed by atoms with E-state index in [0.717, 1.165) is 24.0 Å². The van der Waals surface area contributed by atoms with Crippen LogP contribution in [0.3, 0.4) is 0 Å². The average molecular weight is 630 g/mol. The van der Waals surface area contributed by atoms with E-state index in [0.29, 0.717) is 48.8 Å². The Bertz CT molecular complexity index is 1620. The van der Waals surface area contributed by atoms with Crippen LogP contribution in [0.25, 0.3) is 0 Å². The summed E-state index contributed by atoms with van der Waals surface area (Å²) in [5, 5.41) is 22.3. The second-order valence-electron chi connectivity index (χ2n) is 14.0. The molecule has 2 aromatic rings. The summed E-state index contributed by atoms with van der Waals surface area (Å²) in [6.45, 7) is 6.06. The highest BCUT2D eigenvalue weighted by molar-refractivity contribution is 6.01. The quantitative estimate of drug-likeness (QED) is 0.350. The molecule has 0 bridgehead atoms. The summed E-state index contributed by atoms with van der Waals surface area (Å²) in [5.74, 6) is 0.660. The molecule has 1 saturated heterocycles. The Kier molecular flexibility index (Phi) is 7.67. The fourth-order valence-corrected chi connectivity index (χ4v) is 9.76. The molecule has 0 spiro atoms. The summed E-state index contributed by atoms with van der Waals surface area (Å²) in [6.07, 6.45) is 5.41. The van der Waals surface area contributed by atoms with Crippen LogP contribution in [0, 0.1) is 28.6 Å². The highest BCUT2D eigenvalue weighted by Gasteiger charge is 2.76. The van der Waals surface area contributed by atoms with E-state index in [9.17, 15) is 19.8 Å². The van der Waals surface area contributed by atoms with Gasteiger partial charge in [-0.15, -0.1) is 0 Å². The van der Waals surface area contributed by atoms with Crippen LogP contribution in [-0.4, -0.2) is 52.8 Å². The molecule has 9 nitrogen and oxygen atoms in total. The Labute approximate surface area is 269 Å². The van der Waals surface area contributed by atoms with Crippen molar-refractivity contribution in [1.82, 2.24) is 0 Å². The van der Waals surface area contributed by atoms with Crippen LogP contribution in [-0.2, 0) is 25.7 Å². The van der Waals surface area contributed by atoms with Crippen molar-refractivity contribution in [2.24, 2.45) is 28.6 Å². The van der Waals surface area contributed by atoms with Gasteiger partial charge in [0.05, 0.1) is 24.4 Å². The molecule has 9 atom stereocenters. The number of aliphatic hydroxyl groups is 2. The van der Waals surface area contributed by atoms with Crippen molar-refractivity contribution in [3.05, 3.63) is 77.4 Å². The molecule has 4 fully saturated rings. The summed E-state index contributed by atoms with van der Waals surface area (Å²) in [7, 11) is 0. The number of ketones is 2. The summed E-state index contributed by atoms with van der Waals surface area (Å²) in [6, 6.07) is 12.9. The number of nitrogen functional groups attached to an aromatic ring is 1. The number of carbonyl (C=O) groups excluding carboxylic acids is 2. The van der Waals surface area contributed by atoms with Gasteiger partial charge in [-0.3, -0.25) is 9.59 Å². The van der Waals surface area contributed by atoms with E-state index in [-0.39, 0.29) is 23.5 Å². The molecule has 46 heavy (non-hydrogen) atoms.